The molecule has 1 amide bonds. The highest BCUT2D eigenvalue weighted by atomic mass is 16.5. The number of methoxy groups -OCH3 is 2. The molecule has 4 heteroatoms. The number of hydrogen-bond acceptors (Lipinski definition) is 3. The summed E-state index contributed by atoms with van der Waals surface area (Å²) < 4.78 is 10.4. The van der Waals surface area contributed by atoms with Gasteiger partial charge in [-0.05, 0) is 25.0 Å². The molecule has 0 aromatic heterocycles. The van der Waals surface area contributed by atoms with E-state index >= 15 is 0 Å². The van der Waals surface area contributed by atoms with Crippen molar-refractivity contribution in [3.05, 3.63) is 18.2 Å². The van der Waals surface area contributed by atoms with Gasteiger partial charge in [0.2, 0.25) is 5.91 Å². The lowest BCUT2D eigenvalue weighted by Crippen LogP contribution is -2.32. The van der Waals surface area contributed by atoms with Crippen LogP contribution < -0.4 is 14.4 Å². The summed E-state index contributed by atoms with van der Waals surface area (Å²) in [6, 6.07) is 5.49. The molecule has 1 rings (SSSR count). The fraction of sp³-hybridized carbons (Fsp3) is 0.533. The molecule has 0 aliphatic carbocycles. The second-order valence-corrected chi connectivity index (χ2v) is 4.45. The third-order valence-corrected chi connectivity index (χ3v) is 3.42. The fourth-order valence-electron chi connectivity index (χ4n) is 2.07. The summed E-state index contributed by atoms with van der Waals surface area (Å²) in [5.41, 5.74) is 0.814. The summed E-state index contributed by atoms with van der Waals surface area (Å²) in [7, 11) is 4.98. The molecular weight excluding hydrogens is 242 g/mol. The van der Waals surface area contributed by atoms with E-state index in [0.717, 1.165) is 18.5 Å². The second-order valence-electron chi connectivity index (χ2n) is 4.45. The minimum absolute atomic E-state index is 0.0677. The minimum atomic E-state index is 0.0677. The molecule has 0 atom stereocenters. The van der Waals surface area contributed by atoms with E-state index < -0.39 is 0 Å². The van der Waals surface area contributed by atoms with Crippen molar-refractivity contribution in [2.24, 2.45) is 5.92 Å². The van der Waals surface area contributed by atoms with Crippen molar-refractivity contribution >= 4 is 11.6 Å². The van der Waals surface area contributed by atoms with Crippen LogP contribution in [0.5, 0.6) is 11.5 Å². The molecule has 19 heavy (non-hydrogen) atoms. The molecule has 0 spiro atoms. The second kappa shape index (κ2) is 7.02. The Morgan fingerprint density at radius 1 is 1.16 bits per heavy atom. The van der Waals surface area contributed by atoms with Crippen LogP contribution in [-0.4, -0.2) is 27.2 Å². The predicted octanol–water partition coefficient (Wildman–Crippen LogP) is 3.10. The molecular formula is C15H23NO3. The quantitative estimate of drug-likeness (QED) is 0.793. The highest BCUT2D eigenvalue weighted by Gasteiger charge is 2.20. The Labute approximate surface area is 115 Å². The number of anilines is 1. The zero-order valence-corrected chi connectivity index (χ0v) is 12.4. The number of carbonyl (C=O) groups is 1. The Kier molecular flexibility index (Phi) is 5.67. The van der Waals surface area contributed by atoms with E-state index in [2.05, 4.69) is 0 Å². The Balaban J connectivity index is 2.99. The van der Waals surface area contributed by atoms with Crippen molar-refractivity contribution in [1.82, 2.24) is 0 Å². The largest absolute Gasteiger partial charge is 0.493 e. The lowest BCUT2D eigenvalue weighted by molar-refractivity contribution is -0.122. The van der Waals surface area contributed by atoms with Crippen molar-refractivity contribution in [2.75, 3.05) is 26.2 Å². The van der Waals surface area contributed by atoms with E-state index in [9.17, 15) is 4.79 Å². The molecule has 0 unspecified atom stereocenters. The number of benzene rings is 1. The van der Waals surface area contributed by atoms with E-state index in [1.165, 1.54) is 0 Å². The summed E-state index contributed by atoms with van der Waals surface area (Å²) in [5, 5.41) is 0. The Morgan fingerprint density at radius 3 is 2.21 bits per heavy atom. The molecule has 0 saturated carbocycles. The maximum Gasteiger partial charge on any atom is 0.229 e. The summed E-state index contributed by atoms with van der Waals surface area (Å²) in [6.07, 6.45) is 1.71. The number of ether oxygens (including phenoxy) is 2. The van der Waals surface area contributed by atoms with Gasteiger partial charge >= 0.3 is 0 Å². The molecule has 0 N–H and O–H groups in total. The fourth-order valence-corrected chi connectivity index (χ4v) is 2.07. The van der Waals surface area contributed by atoms with Gasteiger partial charge in [0.05, 0.1) is 14.2 Å². The summed E-state index contributed by atoms with van der Waals surface area (Å²) in [4.78, 5) is 14.0. The first-order chi connectivity index (χ1) is 9.08. The van der Waals surface area contributed by atoms with Crippen LogP contribution in [0.4, 0.5) is 5.69 Å². The van der Waals surface area contributed by atoms with Crippen LogP contribution >= 0.6 is 0 Å². The van der Waals surface area contributed by atoms with Gasteiger partial charge in [-0.3, -0.25) is 4.79 Å². The SMILES string of the molecule is CCC(CC)C(=O)N(C)c1ccc(OC)c(OC)c1. The van der Waals surface area contributed by atoms with Gasteiger partial charge in [0.1, 0.15) is 0 Å². The molecule has 4 nitrogen and oxygen atoms in total. The molecule has 0 heterocycles. The van der Waals surface area contributed by atoms with Crippen molar-refractivity contribution in [1.29, 1.82) is 0 Å². The van der Waals surface area contributed by atoms with E-state index in [0.29, 0.717) is 11.5 Å². The van der Waals surface area contributed by atoms with Crippen LogP contribution in [0.15, 0.2) is 18.2 Å². The molecule has 0 aliphatic rings. The highest BCUT2D eigenvalue weighted by Crippen LogP contribution is 2.31. The first-order valence-corrected chi connectivity index (χ1v) is 6.58. The van der Waals surface area contributed by atoms with E-state index in [-0.39, 0.29) is 11.8 Å². The molecule has 0 bridgehead atoms. The lowest BCUT2D eigenvalue weighted by Gasteiger charge is -2.23. The summed E-state index contributed by atoms with van der Waals surface area (Å²) >= 11 is 0. The topological polar surface area (TPSA) is 38.8 Å². The van der Waals surface area contributed by atoms with Gasteiger partial charge < -0.3 is 14.4 Å². The van der Waals surface area contributed by atoms with Crippen LogP contribution in [0, 0.1) is 5.92 Å². The van der Waals surface area contributed by atoms with Crippen molar-refractivity contribution in [3.63, 3.8) is 0 Å². The number of hydrogen-bond donors (Lipinski definition) is 0. The number of rotatable bonds is 6. The number of amides is 1. The Bertz CT molecular complexity index is 427. The Morgan fingerprint density at radius 2 is 1.74 bits per heavy atom. The number of carbonyl (C=O) groups excluding carboxylic acids is 1. The van der Waals surface area contributed by atoms with Crippen molar-refractivity contribution < 1.29 is 14.3 Å². The van der Waals surface area contributed by atoms with Gasteiger partial charge in [-0.25, -0.2) is 0 Å². The average Bonchev–Trinajstić information content (AvgIpc) is 2.46. The zero-order chi connectivity index (χ0) is 14.4. The van der Waals surface area contributed by atoms with Crippen molar-refractivity contribution in [3.8, 4) is 11.5 Å². The van der Waals surface area contributed by atoms with Crippen LogP contribution in [0.2, 0.25) is 0 Å². The molecule has 1 aromatic carbocycles. The van der Waals surface area contributed by atoms with E-state index in [4.69, 9.17) is 9.47 Å². The molecule has 0 radical (unpaired) electrons. The first kappa shape index (κ1) is 15.3. The van der Waals surface area contributed by atoms with Gasteiger partial charge in [-0.2, -0.15) is 0 Å². The third kappa shape index (κ3) is 3.40. The smallest absolute Gasteiger partial charge is 0.229 e. The monoisotopic (exact) mass is 265 g/mol. The summed E-state index contributed by atoms with van der Waals surface area (Å²) in [5.74, 6) is 1.49. The first-order valence-electron chi connectivity index (χ1n) is 6.58. The van der Waals surface area contributed by atoms with Gasteiger partial charge in [0, 0.05) is 24.7 Å². The zero-order valence-electron chi connectivity index (χ0n) is 12.4. The number of nitrogens with zero attached hydrogens (tertiary/aromatic N) is 1. The van der Waals surface area contributed by atoms with Gasteiger partial charge in [-0.1, -0.05) is 13.8 Å². The van der Waals surface area contributed by atoms with Crippen LogP contribution in [0.1, 0.15) is 26.7 Å². The molecule has 0 saturated heterocycles. The minimum Gasteiger partial charge on any atom is -0.493 e. The standard InChI is InChI=1S/C15H23NO3/c1-6-11(7-2)15(17)16(3)12-8-9-13(18-4)14(10-12)19-5/h8-11H,6-7H2,1-5H3. The van der Waals surface area contributed by atoms with Crippen LogP contribution in [0.3, 0.4) is 0 Å². The normalized spacial score (nSPS) is 10.4. The lowest BCUT2D eigenvalue weighted by atomic mass is 10.0. The Hall–Kier alpha value is -1.71. The predicted molar refractivity (Wildman–Crippen MR) is 77.0 cm³/mol. The molecule has 106 valence electrons. The van der Waals surface area contributed by atoms with Crippen molar-refractivity contribution in [2.45, 2.75) is 26.7 Å². The molecule has 1 aromatic rings. The molecule has 0 aliphatic heterocycles. The highest BCUT2D eigenvalue weighted by molar-refractivity contribution is 5.94. The average molecular weight is 265 g/mol. The van der Waals surface area contributed by atoms with E-state index in [1.54, 1.807) is 26.2 Å². The molecule has 0 fully saturated rings. The van der Waals surface area contributed by atoms with E-state index in [1.807, 2.05) is 32.0 Å². The van der Waals surface area contributed by atoms with Gasteiger partial charge in [0.15, 0.2) is 11.5 Å². The van der Waals surface area contributed by atoms with Crippen LogP contribution in [0.25, 0.3) is 0 Å². The maximum absolute atomic E-state index is 12.3. The van der Waals surface area contributed by atoms with Gasteiger partial charge in [-0.15, -0.1) is 0 Å². The third-order valence-electron chi connectivity index (χ3n) is 3.42. The van der Waals surface area contributed by atoms with Crippen LogP contribution in [-0.2, 0) is 4.79 Å². The van der Waals surface area contributed by atoms with Gasteiger partial charge in [0.25, 0.3) is 0 Å². The maximum atomic E-state index is 12.3. The summed E-state index contributed by atoms with van der Waals surface area (Å²) in [6.45, 7) is 4.07.